The van der Waals surface area contributed by atoms with Crippen LogP contribution < -0.4 is 4.74 Å². The summed E-state index contributed by atoms with van der Waals surface area (Å²) in [6.07, 6.45) is 0. The molecule has 1 nitrogen and oxygen atoms in total. The predicted molar refractivity (Wildman–Crippen MR) is 128 cm³/mol. The van der Waals surface area contributed by atoms with Gasteiger partial charge in [-0.3, -0.25) is 0 Å². The van der Waals surface area contributed by atoms with Crippen LogP contribution in [-0.4, -0.2) is 0 Å². The molecule has 0 aliphatic carbocycles. The number of rotatable bonds is 2. The van der Waals surface area contributed by atoms with Crippen LogP contribution in [0.1, 0.15) is 105 Å². The molecular formula is C28H42O. The number of ether oxygens (including phenoxy) is 1. The maximum Gasteiger partial charge on any atom is 0.128 e. The van der Waals surface area contributed by atoms with Crippen LogP contribution in [0, 0.1) is 0 Å². The van der Waals surface area contributed by atoms with Gasteiger partial charge in [0.1, 0.15) is 11.5 Å². The van der Waals surface area contributed by atoms with Crippen LogP contribution >= 0.6 is 0 Å². The molecule has 0 fully saturated rings. The molecule has 0 N–H and O–H groups in total. The molecular weight excluding hydrogens is 352 g/mol. The molecule has 2 aromatic carbocycles. The summed E-state index contributed by atoms with van der Waals surface area (Å²) in [6.45, 7) is 27.1. The van der Waals surface area contributed by atoms with Gasteiger partial charge in [-0.1, -0.05) is 95.2 Å². The summed E-state index contributed by atoms with van der Waals surface area (Å²) in [7, 11) is 0. The van der Waals surface area contributed by atoms with Crippen molar-refractivity contribution in [3.8, 4) is 11.5 Å². The summed E-state index contributed by atoms with van der Waals surface area (Å²) in [5.74, 6) is 1.85. The van der Waals surface area contributed by atoms with Gasteiger partial charge in [0, 0.05) is 0 Å². The van der Waals surface area contributed by atoms with Gasteiger partial charge in [0.15, 0.2) is 0 Å². The summed E-state index contributed by atoms with van der Waals surface area (Å²) >= 11 is 0. The molecule has 0 saturated carbocycles. The van der Waals surface area contributed by atoms with E-state index in [0.717, 1.165) is 11.5 Å². The summed E-state index contributed by atoms with van der Waals surface area (Å²) in [5.41, 5.74) is 5.52. The van der Waals surface area contributed by atoms with E-state index in [0.29, 0.717) is 0 Å². The minimum atomic E-state index is 0.0726. The first-order valence-electron chi connectivity index (χ1n) is 10.9. The highest BCUT2D eigenvalue weighted by molar-refractivity contribution is 5.46. The van der Waals surface area contributed by atoms with Crippen LogP contribution in [-0.2, 0) is 21.7 Å². The maximum atomic E-state index is 6.52. The number of benzene rings is 2. The van der Waals surface area contributed by atoms with E-state index < -0.39 is 0 Å². The number of hydrogen-bond acceptors (Lipinski definition) is 1. The first-order valence-corrected chi connectivity index (χ1v) is 10.9. The van der Waals surface area contributed by atoms with Gasteiger partial charge in [0.05, 0.1) is 0 Å². The molecule has 0 unspecified atom stereocenters. The van der Waals surface area contributed by atoms with Crippen molar-refractivity contribution in [3.05, 3.63) is 58.7 Å². The Bertz CT molecular complexity index is 721. The Morgan fingerprint density at radius 1 is 0.379 bits per heavy atom. The van der Waals surface area contributed by atoms with Gasteiger partial charge in [-0.05, 0) is 68.2 Å². The highest BCUT2D eigenvalue weighted by atomic mass is 16.5. The molecule has 29 heavy (non-hydrogen) atoms. The number of hydrogen-bond donors (Lipinski definition) is 0. The zero-order valence-electron chi connectivity index (χ0n) is 20.9. The monoisotopic (exact) mass is 394 g/mol. The molecule has 0 heterocycles. The zero-order chi connectivity index (χ0) is 22.4. The molecule has 0 aliphatic heterocycles. The van der Waals surface area contributed by atoms with E-state index in [1.54, 1.807) is 0 Å². The molecule has 0 bridgehead atoms. The van der Waals surface area contributed by atoms with E-state index in [4.69, 9.17) is 4.74 Å². The smallest absolute Gasteiger partial charge is 0.128 e. The molecule has 160 valence electrons. The van der Waals surface area contributed by atoms with E-state index in [1.807, 2.05) is 0 Å². The highest BCUT2D eigenvalue weighted by Gasteiger charge is 2.23. The SMILES string of the molecule is CC(C)(C)c1cc(Oc2cc(C(C)(C)C)cc(C(C)(C)C)c2)cc(C(C)(C)C)c1. The van der Waals surface area contributed by atoms with Crippen molar-refractivity contribution in [3.63, 3.8) is 0 Å². The van der Waals surface area contributed by atoms with Crippen molar-refractivity contribution < 1.29 is 4.74 Å². The second kappa shape index (κ2) is 7.49. The summed E-state index contributed by atoms with van der Waals surface area (Å²) < 4.78 is 6.52. The summed E-state index contributed by atoms with van der Waals surface area (Å²) in [4.78, 5) is 0. The lowest BCUT2D eigenvalue weighted by Crippen LogP contribution is -2.17. The van der Waals surface area contributed by atoms with Crippen molar-refractivity contribution in [1.29, 1.82) is 0 Å². The van der Waals surface area contributed by atoms with Crippen LogP contribution in [0.3, 0.4) is 0 Å². The zero-order valence-corrected chi connectivity index (χ0v) is 20.9. The average molecular weight is 395 g/mol. The van der Waals surface area contributed by atoms with E-state index in [-0.39, 0.29) is 21.7 Å². The van der Waals surface area contributed by atoms with E-state index in [1.165, 1.54) is 22.3 Å². The van der Waals surface area contributed by atoms with Crippen LogP contribution in [0.5, 0.6) is 11.5 Å². The fourth-order valence-corrected chi connectivity index (χ4v) is 3.18. The molecule has 2 aromatic rings. The normalized spacial score (nSPS) is 13.5. The van der Waals surface area contributed by atoms with Crippen LogP contribution in [0.2, 0.25) is 0 Å². The maximum absolute atomic E-state index is 6.52. The third kappa shape index (κ3) is 6.11. The Labute approximate surface area is 179 Å². The third-order valence-corrected chi connectivity index (χ3v) is 5.51. The fourth-order valence-electron chi connectivity index (χ4n) is 3.18. The summed E-state index contributed by atoms with van der Waals surface area (Å²) in [6, 6.07) is 13.5. The topological polar surface area (TPSA) is 9.23 Å². The van der Waals surface area contributed by atoms with Crippen molar-refractivity contribution in [2.75, 3.05) is 0 Å². The minimum absolute atomic E-state index is 0.0726. The Kier molecular flexibility index (Phi) is 6.07. The lowest BCUT2D eigenvalue weighted by molar-refractivity contribution is 0.466. The minimum Gasteiger partial charge on any atom is -0.457 e. The summed E-state index contributed by atoms with van der Waals surface area (Å²) in [5, 5.41) is 0. The van der Waals surface area contributed by atoms with Gasteiger partial charge < -0.3 is 4.74 Å². The van der Waals surface area contributed by atoms with Gasteiger partial charge in [0.25, 0.3) is 0 Å². The molecule has 1 heteroatoms. The van der Waals surface area contributed by atoms with Crippen molar-refractivity contribution in [2.45, 2.75) is 105 Å². The second-order valence-corrected chi connectivity index (χ2v) is 12.6. The second-order valence-electron chi connectivity index (χ2n) is 12.6. The Morgan fingerprint density at radius 3 is 0.759 bits per heavy atom. The van der Waals surface area contributed by atoms with E-state index in [2.05, 4.69) is 119 Å². The fraction of sp³-hybridized carbons (Fsp3) is 0.571. The highest BCUT2D eigenvalue weighted by Crippen LogP contribution is 2.37. The van der Waals surface area contributed by atoms with Crippen LogP contribution in [0.25, 0.3) is 0 Å². The lowest BCUT2D eigenvalue weighted by atomic mass is 9.80. The largest absolute Gasteiger partial charge is 0.457 e. The molecule has 0 spiro atoms. The first kappa shape index (κ1) is 23.5. The van der Waals surface area contributed by atoms with Gasteiger partial charge in [-0.15, -0.1) is 0 Å². The molecule has 0 saturated heterocycles. The van der Waals surface area contributed by atoms with E-state index in [9.17, 15) is 0 Å². The standard InChI is InChI=1S/C28H42O/c1-25(2,3)19-13-20(26(4,5)6)16-23(15-19)29-24-17-21(27(7,8)9)14-22(18-24)28(10,11)12/h13-18H,1-12H3. The van der Waals surface area contributed by atoms with Gasteiger partial charge in [-0.25, -0.2) is 0 Å². The Balaban J connectivity index is 2.61. The molecule has 0 aromatic heterocycles. The quantitative estimate of drug-likeness (QED) is 0.495. The lowest BCUT2D eigenvalue weighted by Gasteiger charge is -2.27. The van der Waals surface area contributed by atoms with Gasteiger partial charge >= 0.3 is 0 Å². The molecule has 0 atom stereocenters. The molecule has 0 aliphatic rings. The van der Waals surface area contributed by atoms with Gasteiger partial charge in [0.2, 0.25) is 0 Å². The first-order chi connectivity index (χ1) is 12.9. The molecule has 0 radical (unpaired) electrons. The predicted octanol–water partition coefficient (Wildman–Crippen LogP) is 8.67. The van der Waals surface area contributed by atoms with E-state index >= 15 is 0 Å². The van der Waals surface area contributed by atoms with Crippen LogP contribution in [0.15, 0.2) is 36.4 Å². The van der Waals surface area contributed by atoms with Crippen molar-refractivity contribution in [2.24, 2.45) is 0 Å². The molecule has 2 rings (SSSR count). The average Bonchev–Trinajstić information content (AvgIpc) is 2.51. The Morgan fingerprint density at radius 2 is 0.586 bits per heavy atom. The third-order valence-electron chi connectivity index (χ3n) is 5.51. The van der Waals surface area contributed by atoms with Gasteiger partial charge in [-0.2, -0.15) is 0 Å². The van der Waals surface area contributed by atoms with Crippen LogP contribution in [0.4, 0.5) is 0 Å². The van der Waals surface area contributed by atoms with Crippen molar-refractivity contribution >= 4 is 0 Å². The Hall–Kier alpha value is -1.76. The van der Waals surface area contributed by atoms with Crippen molar-refractivity contribution in [1.82, 2.24) is 0 Å². The molecule has 0 amide bonds.